The second-order valence-electron chi connectivity index (χ2n) is 5.34. The van der Waals surface area contributed by atoms with Crippen molar-refractivity contribution in [3.05, 3.63) is 29.8 Å². The SMILES string of the molecule is O=C(O)CCCOc1ccc(CNC(=O)CN2CSCC2=O)cc1. The van der Waals surface area contributed by atoms with Gasteiger partial charge in [-0.15, -0.1) is 11.8 Å². The topological polar surface area (TPSA) is 95.9 Å². The largest absolute Gasteiger partial charge is 0.494 e. The Kier molecular flexibility index (Phi) is 6.92. The van der Waals surface area contributed by atoms with E-state index >= 15 is 0 Å². The van der Waals surface area contributed by atoms with Crippen LogP contribution in [-0.4, -0.2) is 52.6 Å². The molecule has 2 N–H and O–H groups in total. The zero-order valence-corrected chi connectivity index (χ0v) is 14.0. The smallest absolute Gasteiger partial charge is 0.303 e. The number of nitrogens with one attached hydrogen (secondary N) is 1. The first-order chi connectivity index (χ1) is 11.5. The Labute approximate surface area is 144 Å². The van der Waals surface area contributed by atoms with Crippen LogP contribution in [0.2, 0.25) is 0 Å². The summed E-state index contributed by atoms with van der Waals surface area (Å²) in [6, 6.07) is 7.24. The van der Waals surface area contributed by atoms with E-state index in [0.717, 1.165) is 5.56 Å². The molecular weight excluding hydrogens is 332 g/mol. The lowest BCUT2D eigenvalue weighted by atomic mass is 10.2. The molecule has 0 unspecified atom stereocenters. The highest BCUT2D eigenvalue weighted by Crippen LogP contribution is 2.14. The van der Waals surface area contributed by atoms with Crippen LogP contribution in [0.25, 0.3) is 0 Å². The van der Waals surface area contributed by atoms with Crippen LogP contribution in [0.3, 0.4) is 0 Å². The van der Waals surface area contributed by atoms with Crippen molar-refractivity contribution >= 4 is 29.5 Å². The summed E-state index contributed by atoms with van der Waals surface area (Å²) < 4.78 is 5.44. The second-order valence-corrected chi connectivity index (χ2v) is 6.29. The van der Waals surface area contributed by atoms with Gasteiger partial charge in [0.05, 0.1) is 18.2 Å². The summed E-state index contributed by atoms with van der Waals surface area (Å²) in [4.78, 5) is 35.2. The van der Waals surface area contributed by atoms with Gasteiger partial charge in [-0.3, -0.25) is 14.4 Å². The molecule has 0 saturated carbocycles. The van der Waals surface area contributed by atoms with E-state index in [4.69, 9.17) is 9.84 Å². The molecule has 0 spiro atoms. The molecule has 0 aromatic heterocycles. The number of ether oxygens (including phenoxy) is 1. The summed E-state index contributed by atoms with van der Waals surface area (Å²) in [7, 11) is 0. The monoisotopic (exact) mass is 352 g/mol. The Bertz CT molecular complexity index is 591. The summed E-state index contributed by atoms with van der Waals surface area (Å²) in [5, 5.41) is 11.3. The molecule has 2 rings (SSSR count). The summed E-state index contributed by atoms with van der Waals surface area (Å²) in [6.45, 7) is 0.828. The van der Waals surface area contributed by atoms with Crippen molar-refractivity contribution in [1.82, 2.24) is 10.2 Å². The Balaban J connectivity index is 1.68. The van der Waals surface area contributed by atoms with E-state index in [1.807, 2.05) is 12.1 Å². The van der Waals surface area contributed by atoms with Crippen LogP contribution in [0, 0.1) is 0 Å². The molecule has 130 valence electrons. The lowest BCUT2D eigenvalue weighted by molar-refractivity contribution is -0.137. The molecule has 1 saturated heterocycles. The summed E-state index contributed by atoms with van der Waals surface area (Å²) in [6.07, 6.45) is 0.544. The molecule has 0 atom stereocenters. The van der Waals surface area contributed by atoms with Gasteiger partial charge in [0.1, 0.15) is 12.3 Å². The maximum atomic E-state index is 11.8. The third-order valence-electron chi connectivity index (χ3n) is 3.38. The number of hydrogen-bond acceptors (Lipinski definition) is 5. The van der Waals surface area contributed by atoms with Crippen LogP contribution in [0.4, 0.5) is 0 Å². The van der Waals surface area contributed by atoms with E-state index in [-0.39, 0.29) is 24.8 Å². The van der Waals surface area contributed by atoms with Crippen LogP contribution in [0.1, 0.15) is 18.4 Å². The van der Waals surface area contributed by atoms with E-state index in [0.29, 0.717) is 37.0 Å². The molecule has 1 heterocycles. The average molecular weight is 352 g/mol. The molecule has 0 bridgehead atoms. The van der Waals surface area contributed by atoms with Gasteiger partial charge in [-0.1, -0.05) is 12.1 Å². The zero-order chi connectivity index (χ0) is 17.4. The molecule has 24 heavy (non-hydrogen) atoms. The number of thioether (sulfide) groups is 1. The van der Waals surface area contributed by atoms with Gasteiger partial charge in [-0.2, -0.15) is 0 Å². The van der Waals surface area contributed by atoms with E-state index in [1.165, 1.54) is 16.7 Å². The lowest BCUT2D eigenvalue weighted by Gasteiger charge is -2.14. The van der Waals surface area contributed by atoms with Gasteiger partial charge < -0.3 is 20.1 Å². The van der Waals surface area contributed by atoms with Gasteiger partial charge in [0.15, 0.2) is 0 Å². The third kappa shape index (κ3) is 6.11. The maximum absolute atomic E-state index is 11.8. The number of carbonyl (C=O) groups excluding carboxylic acids is 2. The number of benzene rings is 1. The quantitative estimate of drug-likeness (QED) is 0.646. The first kappa shape index (κ1) is 18.1. The van der Waals surface area contributed by atoms with E-state index in [2.05, 4.69) is 5.32 Å². The summed E-state index contributed by atoms with van der Waals surface area (Å²) >= 11 is 1.51. The minimum atomic E-state index is -0.834. The van der Waals surface area contributed by atoms with Crippen LogP contribution in [0.5, 0.6) is 5.75 Å². The highest BCUT2D eigenvalue weighted by Gasteiger charge is 2.22. The third-order valence-corrected chi connectivity index (χ3v) is 4.32. The van der Waals surface area contributed by atoms with Crippen LogP contribution >= 0.6 is 11.8 Å². The molecule has 7 nitrogen and oxygen atoms in total. The predicted molar refractivity (Wildman–Crippen MR) is 89.7 cm³/mol. The fraction of sp³-hybridized carbons (Fsp3) is 0.438. The number of carbonyl (C=O) groups is 3. The zero-order valence-electron chi connectivity index (χ0n) is 13.2. The Morgan fingerprint density at radius 1 is 1.29 bits per heavy atom. The van der Waals surface area contributed by atoms with Crippen molar-refractivity contribution in [3.8, 4) is 5.75 Å². The summed E-state index contributed by atoms with van der Waals surface area (Å²) in [5.74, 6) is 0.662. The molecule has 1 aromatic rings. The molecule has 1 aliphatic rings. The number of rotatable bonds is 9. The highest BCUT2D eigenvalue weighted by atomic mass is 32.2. The number of amides is 2. The second kappa shape index (κ2) is 9.17. The van der Waals surface area contributed by atoms with Gasteiger partial charge in [-0.05, 0) is 24.1 Å². The van der Waals surface area contributed by atoms with Crippen molar-refractivity contribution in [2.75, 3.05) is 24.8 Å². The average Bonchev–Trinajstić information content (AvgIpc) is 2.95. The minimum absolute atomic E-state index is 0.000417. The standard InChI is InChI=1S/C16H20N2O5S/c19-14(9-18-11-24-10-15(18)20)17-8-12-3-5-13(6-4-12)23-7-1-2-16(21)22/h3-6H,1-2,7-11H2,(H,17,19)(H,21,22). The predicted octanol–water partition coefficient (Wildman–Crippen LogP) is 1.08. The van der Waals surface area contributed by atoms with Crippen molar-refractivity contribution < 1.29 is 24.2 Å². The number of carboxylic acids is 1. The van der Waals surface area contributed by atoms with E-state index in [9.17, 15) is 14.4 Å². The molecular formula is C16H20N2O5S. The molecule has 0 radical (unpaired) electrons. The van der Waals surface area contributed by atoms with Gasteiger partial charge in [0.2, 0.25) is 11.8 Å². The minimum Gasteiger partial charge on any atom is -0.494 e. The molecule has 2 amide bonds. The Hall–Kier alpha value is -2.22. The number of hydrogen-bond donors (Lipinski definition) is 2. The van der Waals surface area contributed by atoms with Crippen molar-refractivity contribution in [2.24, 2.45) is 0 Å². The fourth-order valence-corrected chi connectivity index (χ4v) is 2.99. The summed E-state index contributed by atoms with van der Waals surface area (Å²) in [5.41, 5.74) is 0.920. The van der Waals surface area contributed by atoms with Gasteiger partial charge in [0.25, 0.3) is 0 Å². The van der Waals surface area contributed by atoms with Crippen molar-refractivity contribution in [1.29, 1.82) is 0 Å². The molecule has 0 aliphatic carbocycles. The Morgan fingerprint density at radius 2 is 2.04 bits per heavy atom. The molecule has 1 fully saturated rings. The van der Waals surface area contributed by atoms with Gasteiger partial charge in [0, 0.05) is 13.0 Å². The van der Waals surface area contributed by atoms with Crippen LogP contribution < -0.4 is 10.1 Å². The van der Waals surface area contributed by atoms with E-state index < -0.39 is 5.97 Å². The Morgan fingerprint density at radius 3 is 2.67 bits per heavy atom. The first-order valence-corrected chi connectivity index (χ1v) is 8.76. The van der Waals surface area contributed by atoms with Crippen molar-refractivity contribution in [2.45, 2.75) is 19.4 Å². The van der Waals surface area contributed by atoms with Gasteiger partial charge in [-0.25, -0.2) is 0 Å². The first-order valence-electron chi connectivity index (χ1n) is 7.60. The molecule has 8 heteroatoms. The number of nitrogens with zero attached hydrogens (tertiary/aromatic N) is 1. The maximum Gasteiger partial charge on any atom is 0.303 e. The highest BCUT2D eigenvalue weighted by molar-refractivity contribution is 8.00. The lowest BCUT2D eigenvalue weighted by Crippen LogP contribution is -2.37. The van der Waals surface area contributed by atoms with Crippen molar-refractivity contribution in [3.63, 3.8) is 0 Å². The molecule has 1 aliphatic heterocycles. The van der Waals surface area contributed by atoms with Crippen LogP contribution in [-0.2, 0) is 20.9 Å². The van der Waals surface area contributed by atoms with Crippen LogP contribution in [0.15, 0.2) is 24.3 Å². The molecule has 1 aromatic carbocycles. The normalized spacial score (nSPS) is 13.8. The number of aliphatic carboxylic acids is 1. The number of carboxylic acid groups (broad SMARTS) is 1. The fourth-order valence-electron chi connectivity index (χ4n) is 2.09. The van der Waals surface area contributed by atoms with E-state index in [1.54, 1.807) is 12.1 Å². The van der Waals surface area contributed by atoms with Gasteiger partial charge >= 0.3 is 5.97 Å².